The number of halogens is 1. The molecule has 4 heterocycles. The summed E-state index contributed by atoms with van der Waals surface area (Å²) in [4.78, 5) is 43.0. The van der Waals surface area contributed by atoms with Crippen LogP contribution >= 0.6 is 11.6 Å². The molecule has 7 heteroatoms. The fourth-order valence-corrected chi connectivity index (χ4v) is 6.44. The van der Waals surface area contributed by atoms with Gasteiger partial charge in [-0.2, -0.15) is 0 Å². The van der Waals surface area contributed by atoms with Gasteiger partial charge in [0.05, 0.1) is 17.9 Å². The maximum atomic E-state index is 13.7. The van der Waals surface area contributed by atoms with Crippen molar-refractivity contribution in [2.24, 2.45) is 11.8 Å². The first-order valence-electron chi connectivity index (χ1n) is 9.95. The summed E-state index contributed by atoms with van der Waals surface area (Å²) in [7, 11) is 0. The Morgan fingerprint density at radius 1 is 1.07 bits per heavy atom. The van der Waals surface area contributed by atoms with Crippen LogP contribution in [0.5, 0.6) is 0 Å². The van der Waals surface area contributed by atoms with Gasteiger partial charge in [-0.3, -0.25) is 14.4 Å². The van der Waals surface area contributed by atoms with Crippen molar-refractivity contribution in [2.45, 2.75) is 24.4 Å². The molecule has 0 aliphatic carbocycles. The van der Waals surface area contributed by atoms with Crippen LogP contribution < -0.4 is 15.1 Å². The van der Waals surface area contributed by atoms with Gasteiger partial charge in [-0.15, -0.1) is 0 Å². The highest BCUT2D eigenvalue weighted by Crippen LogP contribution is 2.52. The van der Waals surface area contributed by atoms with Crippen LogP contribution in [0.2, 0.25) is 5.02 Å². The van der Waals surface area contributed by atoms with Crippen LogP contribution in [0.15, 0.2) is 48.5 Å². The number of nitrogens with one attached hydrogen (secondary N) is 2. The number of hydrogen-bond donors (Lipinski definition) is 2. The van der Waals surface area contributed by atoms with Crippen molar-refractivity contribution in [3.8, 4) is 0 Å². The number of benzene rings is 2. The Hall–Kier alpha value is -2.70. The van der Waals surface area contributed by atoms with Gasteiger partial charge >= 0.3 is 0 Å². The summed E-state index contributed by atoms with van der Waals surface area (Å²) in [6.07, 6.45) is 1.77. The summed E-state index contributed by atoms with van der Waals surface area (Å²) >= 11 is 6.30. The molecule has 6 nitrogen and oxygen atoms in total. The smallest absolute Gasteiger partial charge is 0.291 e. The quantitative estimate of drug-likeness (QED) is 0.700. The van der Waals surface area contributed by atoms with E-state index in [0.717, 1.165) is 29.8 Å². The van der Waals surface area contributed by atoms with E-state index in [-0.39, 0.29) is 23.8 Å². The van der Waals surface area contributed by atoms with Crippen LogP contribution in [0, 0.1) is 11.8 Å². The van der Waals surface area contributed by atoms with Crippen LogP contribution in [0.1, 0.15) is 18.4 Å². The second kappa shape index (κ2) is 5.68. The maximum absolute atomic E-state index is 13.7. The number of hydrogen-bond acceptors (Lipinski definition) is 3. The predicted octanol–water partition coefficient (Wildman–Crippen LogP) is 1.35. The number of para-hydroxylation sites is 1. The molecule has 2 aromatic rings. The Balaban J connectivity index is 1.58. The summed E-state index contributed by atoms with van der Waals surface area (Å²) in [5, 5.41) is 3.50. The van der Waals surface area contributed by atoms with Gasteiger partial charge in [0.2, 0.25) is 17.4 Å². The number of carbonyl (C=O) groups is 3. The van der Waals surface area contributed by atoms with Gasteiger partial charge < -0.3 is 10.2 Å². The number of amides is 3. The molecule has 2 N–H and O–H groups in total. The Morgan fingerprint density at radius 3 is 2.66 bits per heavy atom. The lowest BCUT2D eigenvalue weighted by molar-refractivity contribution is -0.948. The summed E-state index contributed by atoms with van der Waals surface area (Å²) < 4.78 is 0. The van der Waals surface area contributed by atoms with E-state index in [2.05, 4.69) is 5.32 Å². The Bertz CT molecular complexity index is 1090. The summed E-state index contributed by atoms with van der Waals surface area (Å²) in [5.74, 6) is -1.86. The number of carbonyl (C=O) groups excluding carboxylic acids is 3. The molecule has 3 fully saturated rings. The van der Waals surface area contributed by atoms with Crippen molar-refractivity contribution in [3.63, 3.8) is 0 Å². The number of fused-ring (bicyclic) bond motifs is 7. The van der Waals surface area contributed by atoms with Crippen LogP contribution in [-0.4, -0.2) is 30.3 Å². The summed E-state index contributed by atoms with van der Waals surface area (Å²) in [5.41, 5.74) is 0.913. The van der Waals surface area contributed by atoms with Crippen LogP contribution in [0.4, 0.5) is 11.4 Å². The van der Waals surface area contributed by atoms with E-state index in [1.54, 1.807) is 30.3 Å². The van der Waals surface area contributed by atoms with Crippen molar-refractivity contribution >= 4 is 40.7 Å². The average molecular weight is 409 g/mol. The molecule has 1 spiro atoms. The molecule has 4 aliphatic heterocycles. The number of nitrogens with zero attached hydrogens (tertiary/aromatic N) is 1. The zero-order chi connectivity index (χ0) is 19.9. The van der Waals surface area contributed by atoms with Gasteiger partial charge in [0.15, 0.2) is 0 Å². The largest absolute Gasteiger partial charge is 0.320 e. The Kier molecular flexibility index (Phi) is 3.36. The molecule has 5 atom stereocenters. The zero-order valence-electron chi connectivity index (χ0n) is 15.5. The van der Waals surface area contributed by atoms with E-state index in [1.165, 1.54) is 4.90 Å². The van der Waals surface area contributed by atoms with Gasteiger partial charge in [0, 0.05) is 23.4 Å². The molecule has 6 rings (SSSR count). The number of quaternary nitrogens is 1. The first-order valence-corrected chi connectivity index (χ1v) is 10.3. The lowest BCUT2D eigenvalue weighted by atomic mass is 9.75. The minimum absolute atomic E-state index is 0.0409. The molecule has 4 aliphatic rings. The third-order valence-corrected chi connectivity index (χ3v) is 7.43. The number of rotatable bonds is 1. The third-order valence-electron chi connectivity index (χ3n) is 7.19. The van der Waals surface area contributed by atoms with E-state index >= 15 is 0 Å². The lowest BCUT2D eigenvalue weighted by Crippen LogP contribution is -3.19. The molecule has 1 unspecified atom stereocenters. The molecule has 3 saturated heterocycles. The van der Waals surface area contributed by atoms with E-state index in [0.29, 0.717) is 16.4 Å². The fraction of sp³-hybridized carbons (Fsp3) is 0.318. The molecule has 0 bridgehead atoms. The van der Waals surface area contributed by atoms with Crippen LogP contribution in [-0.2, 0) is 19.9 Å². The summed E-state index contributed by atoms with van der Waals surface area (Å²) in [6.45, 7) is 0.767. The second-order valence-corrected chi connectivity index (χ2v) is 8.76. The second-order valence-electron chi connectivity index (χ2n) is 8.33. The van der Waals surface area contributed by atoms with Crippen molar-refractivity contribution in [1.82, 2.24) is 0 Å². The lowest BCUT2D eigenvalue weighted by Gasteiger charge is -2.33. The van der Waals surface area contributed by atoms with Crippen molar-refractivity contribution in [1.29, 1.82) is 0 Å². The van der Waals surface area contributed by atoms with E-state index in [1.807, 2.05) is 18.2 Å². The van der Waals surface area contributed by atoms with Crippen molar-refractivity contribution in [3.05, 3.63) is 59.1 Å². The highest BCUT2D eigenvalue weighted by molar-refractivity contribution is 6.31. The molecule has 0 saturated carbocycles. The zero-order valence-corrected chi connectivity index (χ0v) is 16.3. The van der Waals surface area contributed by atoms with Crippen LogP contribution in [0.3, 0.4) is 0 Å². The molecule has 2 aromatic carbocycles. The van der Waals surface area contributed by atoms with Gasteiger partial charge in [-0.25, -0.2) is 4.90 Å². The van der Waals surface area contributed by atoms with Gasteiger partial charge in [0.1, 0.15) is 17.9 Å². The van der Waals surface area contributed by atoms with Crippen molar-refractivity contribution < 1.29 is 19.3 Å². The highest BCUT2D eigenvalue weighted by atomic mass is 35.5. The Labute approximate surface area is 172 Å². The SMILES string of the molecule is O=C1[C@@H]2[C@@H]3CCC[NH+]3[C@@]3(C(=O)Nc4ccc(Cl)cc43)[C@H]2C(=O)N1c1ccccc1. The molecular formula is C22H19ClN3O3+. The van der Waals surface area contributed by atoms with E-state index in [4.69, 9.17) is 11.6 Å². The third kappa shape index (κ3) is 1.93. The topological polar surface area (TPSA) is 70.9 Å². The first kappa shape index (κ1) is 17.2. The summed E-state index contributed by atoms with van der Waals surface area (Å²) in [6, 6.07) is 14.3. The molecule has 29 heavy (non-hydrogen) atoms. The van der Waals surface area contributed by atoms with Crippen LogP contribution in [0.25, 0.3) is 0 Å². The predicted molar refractivity (Wildman–Crippen MR) is 107 cm³/mol. The van der Waals surface area contributed by atoms with E-state index < -0.39 is 17.4 Å². The first-order chi connectivity index (χ1) is 14.0. The minimum atomic E-state index is -1.09. The highest BCUT2D eigenvalue weighted by Gasteiger charge is 2.78. The van der Waals surface area contributed by atoms with Gasteiger partial charge in [-0.1, -0.05) is 29.8 Å². The number of anilines is 2. The molecule has 3 amide bonds. The van der Waals surface area contributed by atoms with Gasteiger partial charge in [-0.05, 0) is 30.3 Å². The molecule has 0 aromatic heterocycles. The monoisotopic (exact) mass is 408 g/mol. The van der Waals surface area contributed by atoms with E-state index in [9.17, 15) is 14.4 Å². The van der Waals surface area contributed by atoms with Crippen molar-refractivity contribution in [2.75, 3.05) is 16.8 Å². The Morgan fingerprint density at radius 2 is 1.86 bits per heavy atom. The maximum Gasteiger partial charge on any atom is 0.291 e. The van der Waals surface area contributed by atoms with Gasteiger partial charge in [0.25, 0.3) is 5.91 Å². The fourth-order valence-electron chi connectivity index (χ4n) is 6.26. The average Bonchev–Trinajstić information content (AvgIpc) is 3.41. The normalized spacial score (nSPS) is 34.5. The standard InChI is InChI=1S/C22H18ClN3O3/c23-12-8-9-15-14(11-12)22(21(29)24-15)18-17(16-7-4-10-25(16)22)19(27)26(20(18)28)13-5-2-1-3-6-13/h1-3,5-6,8-9,11,16-18H,4,7,10H2,(H,24,29)/p+1/t16-,17+,18+,22+/m0/s1. The molecule has 146 valence electrons. The minimum Gasteiger partial charge on any atom is -0.320 e. The molecular weight excluding hydrogens is 390 g/mol. The number of imide groups is 1. The molecule has 0 radical (unpaired) electrons.